The van der Waals surface area contributed by atoms with Crippen LogP contribution in [0.15, 0.2) is 36.4 Å². The number of fused-ring (bicyclic) bond motifs is 4. The van der Waals surface area contributed by atoms with Crippen LogP contribution in [0.25, 0.3) is 0 Å². The number of imide groups is 1. The van der Waals surface area contributed by atoms with Crippen LogP contribution in [0.2, 0.25) is 0 Å². The lowest BCUT2D eigenvalue weighted by Crippen LogP contribution is -2.99. The topological polar surface area (TPSA) is 135 Å². The van der Waals surface area contributed by atoms with Crippen molar-refractivity contribution in [2.24, 2.45) is 17.6 Å². The average Bonchev–Trinajstić information content (AvgIpc) is 3.37. The van der Waals surface area contributed by atoms with Crippen LogP contribution < -0.4 is 21.1 Å². The van der Waals surface area contributed by atoms with Gasteiger partial charge >= 0.3 is 0 Å². The summed E-state index contributed by atoms with van der Waals surface area (Å²) < 4.78 is 5.18. The number of quaternary nitrogens is 1. The lowest BCUT2D eigenvalue weighted by Gasteiger charge is -2.26. The second kappa shape index (κ2) is 7.66. The van der Waals surface area contributed by atoms with Crippen molar-refractivity contribution in [3.05, 3.63) is 58.7 Å². The van der Waals surface area contributed by atoms with E-state index in [0.29, 0.717) is 17.0 Å². The molecule has 0 unspecified atom stereocenters. The molecule has 3 heterocycles. The summed E-state index contributed by atoms with van der Waals surface area (Å²) in [5.41, 5.74) is 8.21. The van der Waals surface area contributed by atoms with E-state index in [4.69, 9.17) is 10.5 Å². The minimum atomic E-state index is -1.32. The van der Waals surface area contributed by atoms with E-state index in [1.165, 1.54) is 4.90 Å². The van der Waals surface area contributed by atoms with E-state index in [1.807, 2.05) is 26.0 Å². The molecule has 0 saturated carbocycles. The monoisotopic (exact) mass is 463 g/mol. The molecular weight excluding hydrogens is 436 g/mol. The summed E-state index contributed by atoms with van der Waals surface area (Å²) in [5, 5.41) is 4.68. The first-order chi connectivity index (χ1) is 16.2. The molecule has 0 radical (unpaired) electrons. The number of carbonyl (C=O) groups is 4. The van der Waals surface area contributed by atoms with Gasteiger partial charge in [0, 0.05) is 5.56 Å². The zero-order valence-corrected chi connectivity index (χ0v) is 19.3. The van der Waals surface area contributed by atoms with Gasteiger partial charge in [0.25, 0.3) is 5.91 Å². The third kappa shape index (κ3) is 2.96. The number of nitrogens with two attached hydrogens (primary N) is 2. The van der Waals surface area contributed by atoms with Crippen molar-refractivity contribution in [2.45, 2.75) is 38.4 Å². The van der Waals surface area contributed by atoms with Crippen LogP contribution in [0.1, 0.15) is 28.7 Å². The smallest absolute Gasteiger partial charge is 0.291 e. The predicted octanol–water partition coefficient (Wildman–Crippen LogP) is 0.0818. The Hall–Kier alpha value is -3.72. The van der Waals surface area contributed by atoms with Crippen LogP contribution in [0.3, 0.4) is 0 Å². The molecule has 5 rings (SSSR count). The summed E-state index contributed by atoms with van der Waals surface area (Å²) in [7, 11) is 1.56. The maximum absolute atomic E-state index is 13.8. The highest BCUT2D eigenvalue weighted by atomic mass is 16.5. The number of ether oxygens (including phenoxy) is 1. The number of aryl methyl sites for hydroxylation is 1. The number of hydrogen-bond donors (Lipinski definition) is 3. The fraction of sp³-hybridized carbons (Fsp3) is 0.360. The number of hydrogen-bond acceptors (Lipinski definition) is 5. The minimum Gasteiger partial charge on any atom is -0.497 e. The molecule has 34 heavy (non-hydrogen) atoms. The van der Waals surface area contributed by atoms with Crippen molar-refractivity contribution < 1.29 is 29.2 Å². The largest absolute Gasteiger partial charge is 0.497 e. The van der Waals surface area contributed by atoms with Crippen LogP contribution in [-0.4, -0.2) is 41.7 Å². The van der Waals surface area contributed by atoms with Gasteiger partial charge in [-0.3, -0.25) is 24.1 Å². The number of carbonyl (C=O) groups excluding carboxylic acids is 4. The third-order valence-corrected chi connectivity index (χ3v) is 7.60. The van der Waals surface area contributed by atoms with Gasteiger partial charge in [-0.25, -0.2) is 0 Å². The normalized spacial score (nSPS) is 27.2. The molecule has 4 amide bonds. The summed E-state index contributed by atoms with van der Waals surface area (Å²) in [4.78, 5) is 54.0. The second-order valence-corrected chi connectivity index (χ2v) is 9.37. The zero-order chi connectivity index (χ0) is 24.4. The molecule has 2 aromatic rings. The van der Waals surface area contributed by atoms with Crippen LogP contribution >= 0.6 is 0 Å². The molecular formula is C25H27N4O5+. The first-order valence-corrected chi connectivity index (χ1v) is 11.2. The van der Waals surface area contributed by atoms with Gasteiger partial charge in [-0.15, -0.1) is 0 Å². The van der Waals surface area contributed by atoms with E-state index >= 15 is 0 Å². The quantitative estimate of drug-likeness (QED) is 0.540. The number of benzene rings is 2. The van der Waals surface area contributed by atoms with Gasteiger partial charge in [-0.1, -0.05) is 18.2 Å². The van der Waals surface area contributed by atoms with E-state index in [1.54, 1.807) is 36.7 Å². The molecule has 9 nitrogen and oxygen atoms in total. The maximum atomic E-state index is 13.8. The Morgan fingerprint density at radius 3 is 2.47 bits per heavy atom. The first-order valence-electron chi connectivity index (χ1n) is 11.2. The summed E-state index contributed by atoms with van der Waals surface area (Å²) in [6.45, 7) is 3.94. The first kappa shape index (κ1) is 22.1. The molecule has 0 aromatic heterocycles. The van der Waals surface area contributed by atoms with Crippen LogP contribution in [0.4, 0.5) is 5.69 Å². The SMILES string of the molecule is COc1ccc(CN2C(=O)[C@@H]3[C@H](CC(N)=O)[NH2+][C@]4(C(=O)Nc5c4ccc(C)c5C)[C@@H]3C2=O)cc1. The van der Waals surface area contributed by atoms with Crippen molar-refractivity contribution in [3.63, 3.8) is 0 Å². The molecule has 2 aromatic carbocycles. The Labute approximate surface area is 196 Å². The summed E-state index contributed by atoms with van der Waals surface area (Å²) in [6.07, 6.45) is -0.105. The van der Waals surface area contributed by atoms with Crippen LogP contribution in [0.5, 0.6) is 5.75 Å². The van der Waals surface area contributed by atoms with Gasteiger partial charge in [-0.05, 0) is 48.7 Å². The Bertz CT molecular complexity index is 1240. The van der Waals surface area contributed by atoms with Crippen molar-refractivity contribution in [3.8, 4) is 5.75 Å². The van der Waals surface area contributed by atoms with E-state index < -0.39 is 35.2 Å². The standard InChI is InChI=1S/C25H26N4O5/c1-12-4-9-16-21(13(12)2)27-24(33)25(16)20-19(17(28-25)10-18(26)30)22(31)29(23(20)32)11-14-5-7-15(34-3)8-6-14/h4-9,17,19-20,28H,10-11H2,1-3H3,(H2,26,30)(H,27,33)/p+1/t17-,19+,20-,25-/m0/s1. The number of primary amides is 1. The summed E-state index contributed by atoms with van der Waals surface area (Å²) in [6, 6.07) is 10.3. The van der Waals surface area contributed by atoms with Crippen molar-refractivity contribution in [1.82, 2.24) is 4.90 Å². The van der Waals surface area contributed by atoms with E-state index in [0.717, 1.165) is 16.7 Å². The molecule has 0 bridgehead atoms. The summed E-state index contributed by atoms with van der Waals surface area (Å²) >= 11 is 0. The van der Waals surface area contributed by atoms with Gasteiger partial charge < -0.3 is 21.1 Å². The molecule has 3 aliphatic rings. The summed E-state index contributed by atoms with van der Waals surface area (Å²) in [5.74, 6) is -2.79. The van der Waals surface area contributed by atoms with Gasteiger partial charge in [-0.2, -0.15) is 0 Å². The van der Waals surface area contributed by atoms with Gasteiger partial charge in [0.2, 0.25) is 23.3 Å². The van der Waals surface area contributed by atoms with Crippen LogP contribution in [0, 0.1) is 25.7 Å². The number of anilines is 1. The lowest BCUT2D eigenvalue weighted by atomic mass is 9.76. The fourth-order valence-electron chi connectivity index (χ4n) is 5.83. The number of nitrogens with one attached hydrogen (secondary N) is 1. The second-order valence-electron chi connectivity index (χ2n) is 9.37. The molecule has 9 heteroatoms. The average molecular weight is 464 g/mol. The number of likely N-dealkylation sites (tertiary alicyclic amines) is 1. The predicted molar refractivity (Wildman–Crippen MR) is 121 cm³/mol. The van der Waals surface area contributed by atoms with Crippen molar-refractivity contribution in [2.75, 3.05) is 12.4 Å². The number of methoxy groups -OCH3 is 1. The number of nitrogens with zero attached hydrogens (tertiary/aromatic N) is 1. The highest BCUT2D eigenvalue weighted by molar-refractivity contribution is 6.14. The van der Waals surface area contributed by atoms with Gasteiger partial charge in [0.15, 0.2) is 0 Å². The zero-order valence-electron chi connectivity index (χ0n) is 19.3. The molecule has 5 N–H and O–H groups in total. The highest BCUT2D eigenvalue weighted by Crippen LogP contribution is 2.50. The number of rotatable bonds is 5. The Morgan fingerprint density at radius 1 is 1.12 bits per heavy atom. The Morgan fingerprint density at radius 2 is 1.82 bits per heavy atom. The van der Waals surface area contributed by atoms with Gasteiger partial charge in [0.1, 0.15) is 23.6 Å². The van der Waals surface area contributed by atoms with Crippen molar-refractivity contribution >= 4 is 29.3 Å². The molecule has 2 fully saturated rings. The third-order valence-electron chi connectivity index (χ3n) is 7.60. The molecule has 4 atom stereocenters. The highest BCUT2D eigenvalue weighted by Gasteiger charge is 2.74. The van der Waals surface area contributed by atoms with Crippen LogP contribution in [-0.2, 0) is 31.3 Å². The molecule has 0 aliphatic carbocycles. The Balaban J connectivity index is 1.59. The maximum Gasteiger partial charge on any atom is 0.291 e. The lowest BCUT2D eigenvalue weighted by molar-refractivity contribution is -0.732. The molecule has 2 saturated heterocycles. The number of amides is 4. The molecule has 176 valence electrons. The van der Waals surface area contributed by atoms with E-state index in [-0.39, 0.29) is 24.8 Å². The van der Waals surface area contributed by atoms with Gasteiger partial charge in [0.05, 0.1) is 25.8 Å². The van der Waals surface area contributed by atoms with Crippen molar-refractivity contribution in [1.29, 1.82) is 0 Å². The Kier molecular flexibility index (Phi) is 4.98. The molecule has 1 spiro atoms. The molecule has 3 aliphatic heterocycles. The van der Waals surface area contributed by atoms with E-state index in [2.05, 4.69) is 5.32 Å². The minimum absolute atomic E-state index is 0.0788. The van der Waals surface area contributed by atoms with E-state index in [9.17, 15) is 19.2 Å². The fourth-order valence-corrected chi connectivity index (χ4v) is 5.83.